The first kappa shape index (κ1) is 22.1. The number of thioether (sulfide) groups is 1. The maximum atomic E-state index is 12.9. The van der Waals surface area contributed by atoms with Gasteiger partial charge in [-0.15, -0.1) is 16.8 Å². The van der Waals surface area contributed by atoms with Gasteiger partial charge in [0.05, 0.1) is 16.7 Å². The molecule has 1 aliphatic carbocycles. The van der Waals surface area contributed by atoms with Crippen LogP contribution in [0.3, 0.4) is 0 Å². The second-order valence-corrected chi connectivity index (χ2v) is 9.32. The van der Waals surface area contributed by atoms with Crippen molar-refractivity contribution in [3.63, 3.8) is 0 Å². The molecule has 5 rings (SSSR count). The van der Waals surface area contributed by atoms with Gasteiger partial charge in [-0.25, -0.2) is 4.79 Å². The third-order valence-corrected chi connectivity index (χ3v) is 7.16. The van der Waals surface area contributed by atoms with Crippen LogP contribution in [-0.4, -0.2) is 53.3 Å². The van der Waals surface area contributed by atoms with Gasteiger partial charge in [0, 0.05) is 6.54 Å². The Hall–Kier alpha value is -3.67. The van der Waals surface area contributed by atoms with E-state index >= 15 is 0 Å². The van der Waals surface area contributed by atoms with Crippen LogP contribution < -0.4 is 16.3 Å². The van der Waals surface area contributed by atoms with Crippen LogP contribution in [0.4, 0.5) is 4.79 Å². The van der Waals surface area contributed by atoms with Crippen molar-refractivity contribution < 1.29 is 14.4 Å². The lowest BCUT2D eigenvalue weighted by Gasteiger charge is -2.30. The molecular formula is C22H23N7O4S. The fourth-order valence-corrected chi connectivity index (χ4v) is 5.36. The van der Waals surface area contributed by atoms with Gasteiger partial charge in [0.2, 0.25) is 11.7 Å². The second kappa shape index (κ2) is 8.60. The number of nitrogens with one attached hydrogen (secondary N) is 2. The molecule has 1 saturated carbocycles. The standard InChI is InChI=1S/C22H23N7O4S/c1-2-12-27-17(31)14-8-4-5-9-15(14)28-19(27)24-25-21(28)34-13-16(30)26-29-18(32)22(23-20(29)33)10-6-3-7-11-22/h2,4-5,8-9H,1,3,6-7,10-13H2,(H,23,33)(H,26,30). The fraction of sp³-hybridized carbons (Fsp3) is 0.364. The van der Waals surface area contributed by atoms with Gasteiger partial charge < -0.3 is 5.32 Å². The summed E-state index contributed by atoms with van der Waals surface area (Å²) in [6, 6.07) is 6.47. The summed E-state index contributed by atoms with van der Waals surface area (Å²) in [5, 5.41) is 12.8. The molecule has 1 aromatic carbocycles. The number of hydrogen-bond acceptors (Lipinski definition) is 7. The van der Waals surface area contributed by atoms with Crippen molar-refractivity contribution in [3.05, 3.63) is 47.3 Å². The van der Waals surface area contributed by atoms with Gasteiger partial charge in [0.1, 0.15) is 5.54 Å². The first-order chi connectivity index (χ1) is 16.4. The molecule has 1 spiro atoms. The SMILES string of the molecule is C=CCn1c(=O)c2ccccc2n2c(SCC(=O)NN3C(=O)NC4(CCCCC4)C3=O)nnc12. The third kappa shape index (κ3) is 3.54. The maximum Gasteiger partial charge on any atom is 0.344 e. The molecule has 176 valence electrons. The molecule has 1 aliphatic heterocycles. The van der Waals surface area contributed by atoms with E-state index in [2.05, 4.69) is 27.5 Å². The maximum absolute atomic E-state index is 12.9. The van der Waals surface area contributed by atoms with Gasteiger partial charge in [-0.2, -0.15) is 5.01 Å². The van der Waals surface area contributed by atoms with Crippen LogP contribution in [0.1, 0.15) is 32.1 Å². The van der Waals surface area contributed by atoms with Gasteiger partial charge in [-0.1, -0.05) is 49.2 Å². The number of hydrazine groups is 1. The second-order valence-electron chi connectivity index (χ2n) is 8.38. The topological polar surface area (TPSA) is 131 Å². The monoisotopic (exact) mass is 481 g/mol. The number of fused-ring (bicyclic) bond motifs is 3. The number of amides is 4. The van der Waals surface area contributed by atoms with Crippen LogP contribution in [0.2, 0.25) is 0 Å². The van der Waals surface area contributed by atoms with E-state index in [1.165, 1.54) is 4.57 Å². The molecule has 2 N–H and O–H groups in total. The first-order valence-corrected chi connectivity index (χ1v) is 12.0. The zero-order valence-corrected chi connectivity index (χ0v) is 19.1. The lowest BCUT2D eigenvalue weighted by atomic mass is 9.82. The summed E-state index contributed by atoms with van der Waals surface area (Å²) in [4.78, 5) is 50.8. The third-order valence-electron chi connectivity index (χ3n) is 6.23. The Morgan fingerprint density at radius 2 is 1.94 bits per heavy atom. The Morgan fingerprint density at radius 3 is 2.71 bits per heavy atom. The number of rotatable bonds is 6. The van der Waals surface area contributed by atoms with Crippen LogP contribution in [0, 0.1) is 0 Å². The van der Waals surface area contributed by atoms with Crippen molar-refractivity contribution in [2.75, 3.05) is 5.75 Å². The highest BCUT2D eigenvalue weighted by molar-refractivity contribution is 7.99. The van der Waals surface area contributed by atoms with Crippen molar-refractivity contribution in [2.45, 2.75) is 49.3 Å². The Kier molecular flexibility index (Phi) is 5.60. The summed E-state index contributed by atoms with van der Waals surface area (Å²) in [5.74, 6) is -0.718. The fourth-order valence-electron chi connectivity index (χ4n) is 4.62. The van der Waals surface area contributed by atoms with E-state index in [1.807, 2.05) is 0 Å². The molecule has 4 amide bonds. The molecule has 2 fully saturated rings. The van der Waals surface area contributed by atoms with Gasteiger partial charge in [0.25, 0.3) is 11.5 Å². The van der Waals surface area contributed by atoms with E-state index in [0.29, 0.717) is 34.7 Å². The summed E-state index contributed by atoms with van der Waals surface area (Å²) in [6.07, 6.45) is 5.48. The smallest absolute Gasteiger partial charge is 0.322 e. The van der Waals surface area contributed by atoms with Crippen LogP contribution in [0.15, 0.2) is 46.9 Å². The van der Waals surface area contributed by atoms with E-state index in [9.17, 15) is 19.2 Å². The predicted molar refractivity (Wildman–Crippen MR) is 125 cm³/mol. The summed E-state index contributed by atoms with van der Waals surface area (Å²) in [5.41, 5.74) is 1.92. The number of urea groups is 1. The molecule has 34 heavy (non-hydrogen) atoms. The highest BCUT2D eigenvalue weighted by atomic mass is 32.2. The van der Waals surface area contributed by atoms with Gasteiger partial charge >= 0.3 is 6.03 Å². The summed E-state index contributed by atoms with van der Waals surface area (Å²) >= 11 is 1.09. The summed E-state index contributed by atoms with van der Waals surface area (Å²) in [7, 11) is 0. The molecule has 11 nitrogen and oxygen atoms in total. The van der Waals surface area contributed by atoms with Gasteiger partial charge in [0.15, 0.2) is 5.16 Å². The Balaban J connectivity index is 1.37. The number of aromatic nitrogens is 4. The Morgan fingerprint density at radius 1 is 1.18 bits per heavy atom. The lowest BCUT2D eigenvalue weighted by Crippen LogP contribution is -2.51. The minimum atomic E-state index is -0.910. The average molecular weight is 482 g/mol. The number of para-hydroxylation sites is 1. The molecule has 2 aromatic heterocycles. The van der Waals surface area contributed by atoms with Crippen LogP contribution >= 0.6 is 11.8 Å². The van der Waals surface area contributed by atoms with Crippen LogP contribution in [-0.2, 0) is 16.1 Å². The van der Waals surface area contributed by atoms with Crippen LogP contribution in [0.5, 0.6) is 0 Å². The van der Waals surface area contributed by atoms with Crippen molar-refractivity contribution in [3.8, 4) is 0 Å². The normalized spacial score (nSPS) is 17.5. The van der Waals surface area contributed by atoms with E-state index < -0.39 is 23.4 Å². The van der Waals surface area contributed by atoms with E-state index in [-0.39, 0.29) is 17.9 Å². The molecule has 1 saturated heterocycles. The summed E-state index contributed by atoms with van der Waals surface area (Å²) in [6.45, 7) is 3.96. The number of imide groups is 1. The first-order valence-electron chi connectivity index (χ1n) is 11.0. The Labute approximate surface area is 198 Å². The van der Waals surface area contributed by atoms with Crippen LogP contribution in [0.25, 0.3) is 16.7 Å². The van der Waals surface area contributed by atoms with Gasteiger partial charge in [-0.05, 0) is 25.0 Å². The summed E-state index contributed by atoms with van der Waals surface area (Å²) < 4.78 is 3.17. The number of hydrogen-bond donors (Lipinski definition) is 2. The molecule has 0 atom stereocenters. The van der Waals surface area contributed by atoms with E-state index in [1.54, 1.807) is 34.7 Å². The predicted octanol–water partition coefficient (Wildman–Crippen LogP) is 1.61. The lowest BCUT2D eigenvalue weighted by molar-refractivity contribution is -0.139. The van der Waals surface area contributed by atoms with Crippen molar-refractivity contribution in [1.82, 2.24) is 34.9 Å². The quantitative estimate of drug-likeness (QED) is 0.311. The number of benzene rings is 1. The van der Waals surface area contributed by atoms with Crippen molar-refractivity contribution >= 4 is 46.3 Å². The molecule has 0 bridgehead atoms. The molecule has 3 heterocycles. The number of carbonyl (C=O) groups is 3. The molecular weight excluding hydrogens is 458 g/mol. The van der Waals surface area contributed by atoms with Gasteiger partial charge in [-0.3, -0.25) is 28.8 Å². The molecule has 3 aromatic rings. The number of allylic oxidation sites excluding steroid dienone is 1. The highest BCUT2D eigenvalue weighted by Gasteiger charge is 2.52. The molecule has 0 unspecified atom stereocenters. The van der Waals surface area contributed by atoms with E-state index in [0.717, 1.165) is 36.0 Å². The number of carbonyl (C=O) groups excluding carboxylic acids is 3. The zero-order valence-electron chi connectivity index (χ0n) is 18.3. The molecule has 2 aliphatic rings. The zero-order chi connectivity index (χ0) is 23.9. The minimum absolute atomic E-state index is 0.111. The molecule has 12 heteroatoms. The van der Waals surface area contributed by atoms with Crippen molar-refractivity contribution in [2.24, 2.45) is 0 Å². The number of nitrogens with zero attached hydrogens (tertiary/aromatic N) is 5. The largest absolute Gasteiger partial charge is 0.344 e. The minimum Gasteiger partial charge on any atom is -0.322 e. The molecule has 0 radical (unpaired) electrons. The van der Waals surface area contributed by atoms with Crippen molar-refractivity contribution in [1.29, 1.82) is 0 Å². The average Bonchev–Trinajstić information content (AvgIpc) is 3.36. The van der Waals surface area contributed by atoms with E-state index in [4.69, 9.17) is 0 Å². The highest BCUT2D eigenvalue weighted by Crippen LogP contribution is 2.33. The Bertz CT molecular complexity index is 1390.